The van der Waals surface area contributed by atoms with E-state index in [1.54, 1.807) is 24.3 Å². The zero-order valence-corrected chi connectivity index (χ0v) is 26.3. The number of hydrogen-bond acceptors (Lipinski definition) is 9. The van der Waals surface area contributed by atoms with E-state index in [4.69, 9.17) is 9.47 Å². The number of amides is 3. The van der Waals surface area contributed by atoms with Gasteiger partial charge in [0.1, 0.15) is 22.8 Å². The Morgan fingerprint density at radius 3 is 2.38 bits per heavy atom. The summed E-state index contributed by atoms with van der Waals surface area (Å²) in [6, 6.07) is 6.24. The second-order valence-electron chi connectivity index (χ2n) is 9.97. The number of unbranched alkanes of at least 4 members (excludes halogenated alkanes) is 1. The van der Waals surface area contributed by atoms with Crippen LogP contribution < -0.4 is 45.5 Å². The van der Waals surface area contributed by atoms with E-state index in [9.17, 15) is 32.1 Å². The van der Waals surface area contributed by atoms with Crippen LogP contribution in [0.15, 0.2) is 30.3 Å². The summed E-state index contributed by atoms with van der Waals surface area (Å²) in [7, 11) is -5.25. The van der Waals surface area contributed by atoms with Crippen molar-refractivity contribution in [2.45, 2.75) is 83.4 Å². The number of carbonyl (C=O) groups excluding carboxylic acids is 4. The van der Waals surface area contributed by atoms with Gasteiger partial charge in [-0.3, -0.25) is 14.4 Å². The Morgan fingerprint density at radius 1 is 1.15 bits per heavy atom. The van der Waals surface area contributed by atoms with Gasteiger partial charge in [0, 0.05) is 18.9 Å². The Hall–Kier alpha value is -2.19. The molecule has 1 unspecified atom stereocenters. The third-order valence-electron chi connectivity index (χ3n) is 6.15. The van der Waals surface area contributed by atoms with Crippen LogP contribution in [0.4, 0.5) is 4.79 Å². The van der Waals surface area contributed by atoms with E-state index < -0.39 is 51.5 Å². The van der Waals surface area contributed by atoms with Gasteiger partial charge in [0.05, 0.1) is 6.04 Å². The molecule has 2 rings (SSSR count). The zero-order chi connectivity index (χ0) is 29.0. The molecule has 218 valence electrons. The van der Waals surface area contributed by atoms with E-state index in [1.807, 2.05) is 26.8 Å². The van der Waals surface area contributed by atoms with Gasteiger partial charge >= 0.3 is 41.6 Å². The van der Waals surface area contributed by atoms with Crippen LogP contribution in [0.1, 0.15) is 64.9 Å². The van der Waals surface area contributed by atoms with Gasteiger partial charge in [-0.1, -0.05) is 57.5 Å². The number of alkyl carbamates (subject to hydrolysis) is 1. The fourth-order valence-electron chi connectivity index (χ4n) is 4.16. The second-order valence-corrected chi connectivity index (χ2v) is 11.4. The molecule has 0 bridgehead atoms. The average Bonchev–Trinajstić information content (AvgIpc) is 3.27. The van der Waals surface area contributed by atoms with Crippen LogP contribution in [-0.2, 0) is 40.6 Å². The van der Waals surface area contributed by atoms with Crippen molar-refractivity contribution in [2.24, 2.45) is 11.8 Å². The maximum Gasteiger partial charge on any atom is 1.00 e. The first-order chi connectivity index (χ1) is 18.4. The number of hydrogen-bond donors (Lipinski definition) is 3. The van der Waals surface area contributed by atoms with Gasteiger partial charge in [0.2, 0.25) is 17.3 Å². The van der Waals surface area contributed by atoms with Gasteiger partial charge < -0.3 is 30.0 Å². The fraction of sp³-hybridized carbons (Fsp3) is 0.615. The van der Waals surface area contributed by atoms with Crippen molar-refractivity contribution in [1.29, 1.82) is 0 Å². The summed E-state index contributed by atoms with van der Waals surface area (Å²) in [4.78, 5) is 50.3. The molecule has 4 atom stereocenters. The maximum absolute atomic E-state index is 13.3. The van der Waals surface area contributed by atoms with Crippen LogP contribution in [0.2, 0.25) is 0 Å². The zero-order valence-electron chi connectivity index (χ0n) is 23.5. The molecule has 0 aromatic heterocycles. The van der Waals surface area contributed by atoms with Crippen LogP contribution in [0.25, 0.3) is 0 Å². The molecule has 12 nitrogen and oxygen atoms in total. The molecule has 3 amide bonds. The van der Waals surface area contributed by atoms with Gasteiger partial charge in [0.25, 0.3) is 0 Å². The second kappa shape index (κ2) is 17.6. The molecular formula is C26H38N3NaO9S. The van der Waals surface area contributed by atoms with Crippen molar-refractivity contribution >= 4 is 34.0 Å². The molecule has 1 aliphatic heterocycles. The predicted octanol–water partition coefficient (Wildman–Crippen LogP) is -1.05. The largest absolute Gasteiger partial charge is 1.00 e. The number of esters is 1. The number of benzene rings is 1. The van der Waals surface area contributed by atoms with Crippen molar-refractivity contribution in [3.63, 3.8) is 0 Å². The molecule has 1 aromatic carbocycles. The minimum atomic E-state index is -5.25. The van der Waals surface area contributed by atoms with Crippen LogP contribution in [-0.4, -0.2) is 60.9 Å². The number of ether oxygens (including phenoxy) is 2. The molecular weight excluding hydrogens is 553 g/mol. The molecule has 0 spiro atoms. The van der Waals surface area contributed by atoms with Crippen molar-refractivity contribution < 1.29 is 71.2 Å². The van der Waals surface area contributed by atoms with Crippen LogP contribution in [0.5, 0.6) is 0 Å². The van der Waals surface area contributed by atoms with E-state index in [0.29, 0.717) is 25.8 Å². The first-order valence-electron chi connectivity index (χ1n) is 13.1. The van der Waals surface area contributed by atoms with Crippen LogP contribution in [0.3, 0.4) is 0 Å². The Labute approximate surface area is 257 Å². The molecule has 40 heavy (non-hydrogen) atoms. The van der Waals surface area contributed by atoms with Crippen molar-refractivity contribution in [1.82, 2.24) is 16.0 Å². The van der Waals surface area contributed by atoms with Gasteiger partial charge in [-0.15, -0.1) is 0 Å². The van der Waals surface area contributed by atoms with Gasteiger partial charge in [-0.05, 0) is 37.2 Å². The summed E-state index contributed by atoms with van der Waals surface area (Å²) in [6.07, 6.45) is 0.321. The standard InChI is InChI=1S/C26H39N3O9S.Na/c1-4-5-11-22(30)38-25(39(34,35)36)21(15-19-12-13-27-23(19)31)28-24(32)20(14-17(2)3)29-26(33)37-16-18-9-7-6-8-10-18;/h6-10,17,19-21,25H,4-5,11-16H2,1-3H3,(H,27,31)(H,28,32)(H,29,33)(H,34,35,36);/q;+1/p-1/t19-,20-,21-,25?;/m0./s1. The quantitative estimate of drug-likeness (QED) is 0.130. The first kappa shape index (κ1) is 35.8. The van der Waals surface area contributed by atoms with Gasteiger partial charge in [0.15, 0.2) is 0 Å². The molecule has 0 saturated carbocycles. The summed E-state index contributed by atoms with van der Waals surface area (Å²) in [5.41, 5.74) is -1.51. The predicted molar refractivity (Wildman–Crippen MR) is 140 cm³/mol. The Kier molecular flexibility index (Phi) is 15.8. The first-order valence-corrected chi connectivity index (χ1v) is 14.6. The molecule has 1 fully saturated rings. The van der Waals surface area contributed by atoms with Crippen molar-refractivity contribution in [2.75, 3.05) is 6.54 Å². The topological polar surface area (TPSA) is 180 Å². The molecule has 1 saturated heterocycles. The molecule has 0 aliphatic carbocycles. The Morgan fingerprint density at radius 2 is 1.82 bits per heavy atom. The van der Waals surface area contributed by atoms with Crippen LogP contribution >= 0.6 is 0 Å². The molecule has 1 aliphatic rings. The Balaban J connectivity index is 0.00000800. The summed E-state index contributed by atoms with van der Waals surface area (Å²) in [5.74, 6) is -2.85. The number of carbonyl (C=O) groups is 4. The maximum atomic E-state index is 13.3. The third-order valence-corrected chi connectivity index (χ3v) is 7.15. The smallest absolute Gasteiger partial charge is 0.745 e. The minimum Gasteiger partial charge on any atom is -0.745 e. The summed E-state index contributed by atoms with van der Waals surface area (Å²) in [5, 5.41) is 7.57. The van der Waals surface area contributed by atoms with Gasteiger partial charge in [-0.25, -0.2) is 13.2 Å². The van der Waals surface area contributed by atoms with E-state index >= 15 is 0 Å². The number of nitrogens with one attached hydrogen (secondary N) is 3. The van der Waals surface area contributed by atoms with Crippen molar-refractivity contribution in [3.8, 4) is 0 Å². The SMILES string of the molecule is CCCCC(=O)OC([C@H](C[C@@H]1CCNC1=O)NC(=O)[C@H](CC(C)C)NC(=O)OCc1ccccc1)S(=O)(=O)[O-].[Na+]. The summed E-state index contributed by atoms with van der Waals surface area (Å²) < 4.78 is 46.8. The average molecular weight is 592 g/mol. The molecule has 1 heterocycles. The molecule has 14 heteroatoms. The molecule has 1 aromatic rings. The van der Waals surface area contributed by atoms with E-state index in [2.05, 4.69) is 16.0 Å². The monoisotopic (exact) mass is 591 g/mol. The molecule has 3 N–H and O–H groups in total. The minimum absolute atomic E-state index is 0. The van der Waals surface area contributed by atoms with E-state index in [-0.39, 0.29) is 67.3 Å². The van der Waals surface area contributed by atoms with E-state index in [1.165, 1.54) is 0 Å². The van der Waals surface area contributed by atoms with Crippen molar-refractivity contribution in [3.05, 3.63) is 35.9 Å². The summed E-state index contributed by atoms with van der Waals surface area (Å²) in [6.45, 7) is 5.77. The summed E-state index contributed by atoms with van der Waals surface area (Å²) >= 11 is 0. The normalized spacial score (nSPS) is 17.1. The fourth-order valence-corrected chi connectivity index (χ4v) is 4.97. The number of rotatable bonds is 15. The van der Waals surface area contributed by atoms with Crippen LogP contribution in [0, 0.1) is 11.8 Å². The van der Waals surface area contributed by atoms with Gasteiger partial charge in [-0.2, -0.15) is 0 Å². The third kappa shape index (κ3) is 12.5. The molecule has 0 radical (unpaired) electrons. The Bertz CT molecular complexity index is 1090. The van der Waals surface area contributed by atoms with E-state index in [0.717, 1.165) is 5.56 Å².